The van der Waals surface area contributed by atoms with Gasteiger partial charge in [-0.25, -0.2) is 8.42 Å². The van der Waals surface area contributed by atoms with Crippen LogP contribution in [0, 0.1) is 0 Å². The second-order valence-electron chi connectivity index (χ2n) is 4.02. The van der Waals surface area contributed by atoms with Crippen LogP contribution in [0.5, 0.6) is 0 Å². The smallest absolute Gasteiger partial charge is 0.151 e. The molecular weight excluding hydrogens is 242 g/mol. The summed E-state index contributed by atoms with van der Waals surface area (Å²) < 4.78 is 28.1. The standard InChI is InChI=1S/C11H19NO4S/c1-3-17(14,15)8-9(2)12-10(7-13)11-5-4-6-16-11/h4-6,9-10,12-13H,3,7-8H2,1-2H3. The lowest BCUT2D eigenvalue weighted by molar-refractivity contribution is 0.219. The monoisotopic (exact) mass is 261 g/mol. The molecule has 17 heavy (non-hydrogen) atoms. The predicted molar refractivity (Wildman–Crippen MR) is 65.5 cm³/mol. The van der Waals surface area contributed by atoms with Crippen molar-refractivity contribution < 1.29 is 17.9 Å². The van der Waals surface area contributed by atoms with Gasteiger partial charge >= 0.3 is 0 Å². The van der Waals surface area contributed by atoms with Gasteiger partial charge in [0, 0.05) is 11.8 Å². The molecule has 0 aliphatic rings. The molecule has 0 aliphatic heterocycles. The Balaban J connectivity index is 2.58. The first-order chi connectivity index (χ1) is 7.98. The summed E-state index contributed by atoms with van der Waals surface area (Å²) >= 11 is 0. The van der Waals surface area contributed by atoms with Gasteiger partial charge in [-0.2, -0.15) is 0 Å². The molecule has 2 atom stereocenters. The third-order valence-corrected chi connectivity index (χ3v) is 4.39. The van der Waals surface area contributed by atoms with Crippen LogP contribution in [0.25, 0.3) is 0 Å². The Bertz CT molecular complexity index is 413. The van der Waals surface area contributed by atoms with Gasteiger partial charge in [-0.1, -0.05) is 6.92 Å². The summed E-state index contributed by atoms with van der Waals surface area (Å²) in [4.78, 5) is 0. The van der Waals surface area contributed by atoms with E-state index in [1.807, 2.05) is 0 Å². The van der Waals surface area contributed by atoms with Gasteiger partial charge < -0.3 is 14.8 Å². The van der Waals surface area contributed by atoms with Crippen LogP contribution in [0.4, 0.5) is 0 Å². The quantitative estimate of drug-likeness (QED) is 0.756. The molecule has 0 saturated heterocycles. The second kappa shape index (κ2) is 6.18. The molecule has 98 valence electrons. The number of aliphatic hydroxyl groups is 1. The SMILES string of the molecule is CCS(=O)(=O)CC(C)NC(CO)c1ccco1. The summed E-state index contributed by atoms with van der Waals surface area (Å²) in [5.41, 5.74) is 0. The topological polar surface area (TPSA) is 79.5 Å². The van der Waals surface area contributed by atoms with Crippen molar-refractivity contribution in [2.45, 2.75) is 25.9 Å². The summed E-state index contributed by atoms with van der Waals surface area (Å²) in [5.74, 6) is 0.790. The van der Waals surface area contributed by atoms with Gasteiger partial charge in [-0.05, 0) is 19.1 Å². The van der Waals surface area contributed by atoms with Crippen molar-refractivity contribution in [2.24, 2.45) is 0 Å². The van der Waals surface area contributed by atoms with Gasteiger partial charge in [0.05, 0.1) is 24.7 Å². The molecule has 1 aromatic rings. The highest BCUT2D eigenvalue weighted by molar-refractivity contribution is 7.91. The van der Waals surface area contributed by atoms with Gasteiger partial charge in [0.1, 0.15) is 5.76 Å². The van der Waals surface area contributed by atoms with Gasteiger partial charge in [0.15, 0.2) is 9.84 Å². The molecule has 0 spiro atoms. The minimum absolute atomic E-state index is 0.0563. The van der Waals surface area contributed by atoms with Crippen molar-refractivity contribution in [1.82, 2.24) is 5.32 Å². The molecule has 0 fully saturated rings. The minimum Gasteiger partial charge on any atom is -0.468 e. The lowest BCUT2D eigenvalue weighted by Crippen LogP contribution is -2.37. The highest BCUT2D eigenvalue weighted by Gasteiger charge is 2.19. The molecule has 0 aliphatic carbocycles. The zero-order valence-corrected chi connectivity index (χ0v) is 10.9. The van der Waals surface area contributed by atoms with Crippen molar-refractivity contribution in [3.05, 3.63) is 24.2 Å². The number of hydrogen-bond donors (Lipinski definition) is 2. The molecule has 1 heterocycles. The number of furan rings is 1. The molecular formula is C11H19NO4S. The first kappa shape index (κ1) is 14.2. The second-order valence-corrected chi connectivity index (χ2v) is 6.42. The van der Waals surface area contributed by atoms with E-state index < -0.39 is 9.84 Å². The van der Waals surface area contributed by atoms with Crippen LogP contribution < -0.4 is 5.32 Å². The van der Waals surface area contributed by atoms with Crippen LogP contribution in [-0.4, -0.2) is 37.7 Å². The van der Waals surface area contributed by atoms with E-state index in [-0.39, 0.29) is 30.2 Å². The van der Waals surface area contributed by atoms with Gasteiger partial charge in [0.2, 0.25) is 0 Å². The Kier molecular flexibility index (Phi) is 5.17. The van der Waals surface area contributed by atoms with E-state index in [0.717, 1.165) is 0 Å². The van der Waals surface area contributed by atoms with Crippen molar-refractivity contribution >= 4 is 9.84 Å². The molecule has 2 N–H and O–H groups in total. The number of hydrogen-bond acceptors (Lipinski definition) is 5. The first-order valence-electron chi connectivity index (χ1n) is 5.59. The van der Waals surface area contributed by atoms with Crippen LogP contribution in [-0.2, 0) is 9.84 Å². The third kappa shape index (κ3) is 4.49. The predicted octanol–water partition coefficient (Wildman–Crippen LogP) is 0.726. The Labute approximate surface area is 102 Å². The van der Waals surface area contributed by atoms with Gasteiger partial charge in [-0.15, -0.1) is 0 Å². The largest absolute Gasteiger partial charge is 0.468 e. The molecule has 6 heteroatoms. The fourth-order valence-electron chi connectivity index (χ4n) is 1.60. The normalized spacial score (nSPS) is 15.7. The maximum absolute atomic E-state index is 11.4. The van der Waals surface area contributed by atoms with Crippen molar-refractivity contribution in [1.29, 1.82) is 0 Å². The number of aliphatic hydroxyl groups excluding tert-OH is 1. The number of rotatable bonds is 7. The molecule has 1 aromatic heterocycles. The average Bonchev–Trinajstić information content (AvgIpc) is 2.78. The van der Waals surface area contributed by atoms with E-state index in [0.29, 0.717) is 5.76 Å². The van der Waals surface area contributed by atoms with E-state index in [1.54, 1.807) is 26.0 Å². The highest BCUT2D eigenvalue weighted by Crippen LogP contribution is 2.13. The third-order valence-electron chi connectivity index (χ3n) is 2.50. The van der Waals surface area contributed by atoms with Gasteiger partial charge in [0.25, 0.3) is 0 Å². The Morgan fingerprint density at radius 2 is 2.24 bits per heavy atom. The van der Waals surface area contributed by atoms with E-state index in [9.17, 15) is 13.5 Å². The molecule has 0 radical (unpaired) electrons. The fourth-order valence-corrected chi connectivity index (χ4v) is 2.70. The molecule has 1 rings (SSSR count). The molecule has 2 unspecified atom stereocenters. The van der Waals surface area contributed by atoms with E-state index >= 15 is 0 Å². The summed E-state index contributed by atoms with van der Waals surface area (Å²) in [6.07, 6.45) is 1.52. The van der Waals surface area contributed by atoms with Gasteiger partial charge in [-0.3, -0.25) is 0 Å². The van der Waals surface area contributed by atoms with E-state index in [1.165, 1.54) is 6.26 Å². The number of nitrogens with one attached hydrogen (secondary N) is 1. The van der Waals surface area contributed by atoms with Crippen LogP contribution in [0.2, 0.25) is 0 Å². The van der Waals surface area contributed by atoms with E-state index in [2.05, 4.69) is 5.32 Å². The zero-order valence-electron chi connectivity index (χ0n) is 10.1. The fraction of sp³-hybridized carbons (Fsp3) is 0.636. The summed E-state index contributed by atoms with van der Waals surface area (Å²) in [6.45, 7) is 3.26. The Morgan fingerprint density at radius 1 is 1.53 bits per heavy atom. The maximum atomic E-state index is 11.4. The Hall–Kier alpha value is -0.850. The maximum Gasteiger partial charge on any atom is 0.151 e. The van der Waals surface area contributed by atoms with Crippen molar-refractivity contribution in [3.8, 4) is 0 Å². The zero-order chi connectivity index (χ0) is 12.9. The first-order valence-corrected chi connectivity index (χ1v) is 7.41. The van der Waals surface area contributed by atoms with Crippen molar-refractivity contribution in [2.75, 3.05) is 18.1 Å². The van der Waals surface area contributed by atoms with Crippen LogP contribution in [0.1, 0.15) is 25.6 Å². The van der Waals surface area contributed by atoms with E-state index in [4.69, 9.17) is 4.42 Å². The van der Waals surface area contributed by atoms with Crippen molar-refractivity contribution in [3.63, 3.8) is 0 Å². The molecule has 0 bridgehead atoms. The molecule has 0 aromatic carbocycles. The molecule has 5 nitrogen and oxygen atoms in total. The minimum atomic E-state index is -3.02. The number of sulfone groups is 1. The van der Waals surface area contributed by atoms with Crippen LogP contribution in [0.3, 0.4) is 0 Å². The average molecular weight is 261 g/mol. The summed E-state index contributed by atoms with van der Waals surface area (Å²) in [5, 5.41) is 12.3. The van der Waals surface area contributed by atoms with Crippen LogP contribution in [0.15, 0.2) is 22.8 Å². The molecule has 0 amide bonds. The summed E-state index contributed by atoms with van der Waals surface area (Å²) in [6, 6.07) is 2.87. The molecule has 0 saturated carbocycles. The lowest BCUT2D eigenvalue weighted by Gasteiger charge is -2.19. The lowest BCUT2D eigenvalue weighted by atomic mass is 10.2. The summed E-state index contributed by atoms with van der Waals surface area (Å²) in [7, 11) is -3.02. The Morgan fingerprint density at radius 3 is 2.71 bits per heavy atom. The van der Waals surface area contributed by atoms with Crippen LogP contribution >= 0.6 is 0 Å². The highest BCUT2D eigenvalue weighted by atomic mass is 32.2.